The molecule has 1 fully saturated rings. The van der Waals surface area contributed by atoms with Gasteiger partial charge in [0, 0.05) is 37.5 Å². The molecule has 22 heavy (non-hydrogen) atoms. The van der Waals surface area contributed by atoms with Crippen molar-refractivity contribution in [1.29, 1.82) is 0 Å². The molecule has 2 rings (SSSR count). The van der Waals surface area contributed by atoms with E-state index in [1.165, 1.54) is 0 Å². The van der Waals surface area contributed by atoms with Crippen molar-refractivity contribution in [3.8, 4) is 0 Å². The summed E-state index contributed by atoms with van der Waals surface area (Å²) in [7, 11) is 0. The SMILES string of the molecule is CC(CC(=O)c1cccnc1)C1CCN(C(=O)[C@H](C)N)CC1. The van der Waals surface area contributed by atoms with E-state index in [0.29, 0.717) is 23.8 Å². The lowest BCUT2D eigenvalue weighted by molar-refractivity contribution is -0.133. The first kappa shape index (κ1) is 16.6. The Morgan fingerprint density at radius 3 is 2.59 bits per heavy atom. The molecule has 1 aromatic rings. The molecule has 1 aromatic heterocycles. The molecule has 5 nitrogen and oxygen atoms in total. The maximum absolute atomic E-state index is 12.2. The van der Waals surface area contributed by atoms with Crippen LogP contribution in [-0.4, -0.2) is 40.7 Å². The van der Waals surface area contributed by atoms with Gasteiger partial charge in [0.25, 0.3) is 0 Å². The quantitative estimate of drug-likeness (QED) is 0.843. The molecular formula is C17H25N3O2. The van der Waals surface area contributed by atoms with Gasteiger partial charge in [0.05, 0.1) is 6.04 Å². The largest absolute Gasteiger partial charge is 0.341 e. The predicted molar refractivity (Wildman–Crippen MR) is 85.3 cm³/mol. The number of pyridine rings is 1. The summed E-state index contributed by atoms with van der Waals surface area (Å²) in [6.07, 6.45) is 5.72. The third-order valence-corrected chi connectivity index (χ3v) is 4.54. The van der Waals surface area contributed by atoms with Crippen molar-refractivity contribution in [3.05, 3.63) is 30.1 Å². The third-order valence-electron chi connectivity index (χ3n) is 4.54. The van der Waals surface area contributed by atoms with Crippen LogP contribution >= 0.6 is 0 Å². The van der Waals surface area contributed by atoms with Crippen LogP contribution < -0.4 is 5.73 Å². The van der Waals surface area contributed by atoms with Crippen LogP contribution in [0.4, 0.5) is 0 Å². The Morgan fingerprint density at radius 2 is 2.05 bits per heavy atom. The number of rotatable bonds is 5. The summed E-state index contributed by atoms with van der Waals surface area (Å²) in [5, 5.41) is 0. The van der Waals surface area contributed by atoms with Crippen LogP contribution in [0, 0.1) is 11.8 Å². The van der Waals surface area contributed by atoms with E-state index in [1.807, 2.05) is 11.0 Å². The van der Waals surface area contributed by atoms with Crippen LogP contribution in [0.3, 0.4) is 0 Å². The summed E-state index contributed by atoms with van der Waals surface area (Å²) < 4.78 is 0. The van der Waals surface area contributed by atoms with Crippen molar-refractivity contribution in [2.75, 3.05) is 13.1 Å². The Morgan fingerprint density at radius 1 is 1.36 bits per heavy atom. The third kappa shape index (κ3) is 4.13. The molecule has 5 heteroatoms. The summed E-state index contributed by atoms with van der Waals surface area (Å²) in [6, 6.07) is 3.17. The number of nitrogens with zero attached hydrogens (tertiary/aromatic N) is 2. The van der Waals surface area contributed by atoms with E-state index >= 15 is 0 Å². The average Bonchev–Trinajstić information content (AvgIpc) is 2.55. The minimum atomic E-state index is -0.430. The zero-order valence-electron chi connectivity index (χ0n) is 13.4. The molecule has 1 aliphatic heterocycles. The van der Waals surface area contributed by atoms with Crippen molar-refractivity contribution in [2.24, 2.45) is 17.6 Å². The van der Waals surface area contributed by atoms with E-state index < -0.39 is 6.04 Å². The van der Waals surface area contributed by atoms with Gasteiger partial charge in [0.1, 0.15) is 0 Å². The van der Waals surface area contributed by atoms with Gasteiger partial charge in [-0.15, -0.1) is 0 Å². The fourth-order valence-electron chi connectivity index (χ4n) is 3.08. The highest BCUT2D eigenvalue weighted by Gasteiger charge is 2.28. The number of nitrogens with two attached hydrogens (primary N) is 1. The lowest BCUT2D eigenvalue weighted by Gasteiger charge is -2.35. The molecule has 1 unspecified atom stereocenters. The number of likely N-dealkylation sites (tertiary alicyclic amines) is 1. The van der Waals surface area contributed by atoms with E-state index in [1.54, 1.807) is 25.4 Å². The first-order valence-electron chi connectivity index (χ1n) is 7.96. The minimum absolute atomic E-state index is 0.0255. The second-order valence-electron chi connectivity index (χ2n) is 6.30. The number of carbonyl (C=O) groups excluding carboxylic acids is 2. The summed E-state index contributed by atoms with van der Waals surface area (Å²) in [4.78, 5) is 30.0. The van der Waals surface area contributed by atoms with Crippen LogP contribution in [-0.2, 0) is 4.79 Å². The maximum Gasteiger partial charge on any atom is 0.239 e. The second kappa shape index (κ2) is 7.49. The van der Waals surface area contributed by atoms with Crippen molar-refractivity contribution in [2.45, 2.75) is 39.2 Å². The zero-order valence-corrected chi connectivity index (χ0v) is 13.4. The fraction of sp³-hybridized carbons (Fsp3) is 0.588. The van der Waals surface area contributed by atoms with Gasteiger partial charge in [-0.3, -0.25) is 14.6 Å². The molecular weight excluding hydrogens is 278 g/mol. The standard InChI is InChI=1S/C17H25N3O2/c1-12(10-16(21)15-4-3-7-19-11-15)14-5-8-20(9-6-14)17(22)13(2)18/h3-4,7,11-14H,5-6,8-10,18H2,1-2H3/t12?,13-/m0/s1. The lowest BCUT2D eigenvalue weighted by Crippen LogP contribution is -2.46. The summed E-state index contributed by atoms with van der Waals surface area (Å²) in [6.45, 7) is 5.35. The smallest absolute Gasteiger partial charge is 0.239 e. The average molecular weight is 303 g/mol. The predicted octanol–water partition coefficient (Wildman–Crippen LogP) is 1.88. The van der Waals surface area contributed by atoms with Crippen LogP contribution in [0.15, 0.2) is 24.5 Å². The summed E-state index contributed by atoms with van der Waals surface area (Å²) in [5.74, 6) is 0.977. The van der Waals surface area contributed by atoms with Gasteiger partial charge in [-0.05, 0) is 43.7 Å². The van der Waals surface area contributed by atoms with Crippen LogP contribution in [0.25, 0.3) is 0 Å². The molecule has 1 amide bonds. The van der Waals surface area contributed by atoms with Crippen LogP contribution in [0.1, 0.15) is 43.5 Å². The highest BCUT2D eigenvalue weighted by atomic mass is 16.2. The monoisotopic (exact) mass is 303 g/mol. The minimum Gasteiger partial charge on any atom is -0.341 e. The highest BCUT2D eigenvalue weighted by Crippen LogP contribution is 2.28. The summed E-state index contributed by atoms with van der Waals surface area (Å²) in [5.41, 5.74) is 6.33. The molecule has 0 aromatic carbocycles. The van der Waals surface area contributed by atoms with Gasteiger partial charge in [-0.2, -0.15) is 0 Å². The van der Waals surface area contributed by atoms with E-state index in [9.17, 15) is 9.59 Å². The first-order valence-corrected chi connectivity index (χ1v) is 7.96. The Bertz CT molecular complexity index is 508. The molecule has 1 aliphatic rings. The molecule has 2 N–H and O–H groups in total. The van der Waals surface area contributed by atoms with Gasteiger partial charge in [0.2, 0.25) is 5.91 Å². The molecule has 0 aliphatic carbocycles. The first-order chi connectivity index (χ1) is 10.5. The lowest BCUT2D eigenvalue weighted by atomic mass is 9.82. The number of Topliss-reactive ketones (excluding diaryl/α,β-unsaturated/α-hetero) is 1. The number of hydrogen-bond acceptors (Lipinski definition) is 4. The van der Waals surface area contributed by atoms with Crippen molar-refractivity contribution < 1.29 is 9.59 Å². The van der Waals surface area contributed by atoms with Gasteiger partial charge < -0.3 is 10.6 Å². The number of carbonyl (C=O) groups is 2. The van der Waals surface area contributed by atoms with E-state index in [0.717, 1.165) is 25.9 Å². The van der Waals surface area contributed by atoms with Gasteiger partial charge >= 0.3 is 0 Å². The molecule has 0 saturated carbocycles. The van der Waals surface area contributed by atoms with Crippen molar-refractivity contribution in [1.82, 2.24) is 9.88 Å². The van der Waals surface area contributed by atoms with Crippen LogP contribution in [0.5, 0.6) is 0 Å². The molecule has 2 atom stereocenters. The van der Waals surface area contributed by atoms with Gasteiger partial charge in [-0.1, -0.05) is 6.92 Å². The number of aromatic nitrogens is 1. The fourth-order valence-corrected chi connectivity index (χ4v) is 3.08. The zero-order chi connectivity index (χ0) is 16.1. The molecule has 1 saturated heterocycles. The molecule has 120 valence electrons. The number of hydrogen-bond donors (Lipinski definition) is 1. The van der Waals surface area contributed by atoms with Gasteiger partial charge in [-0.25, -0.2) is 0 Å². The molecule has 0 bridgehead atoms. The topological polar surface area (TPSA) is 76.3 Å². The van der Waals surface area contributed by atoms with E-state index in [4.69, 9.17) is 5.73 Å². The van der Waals surface area contributed by atoms with Gasteiger partial charge in [0.15, 0.2) is 5.78 Å². The summed E-state index contributed by atoms with van der Waals surface area (Å²) >= 11 is 0. The van der Waals surface area contributed by atoms with E-state index in [2.05, 4.69) is 11.9 Å². The van der Waals surface area contributed by atoms with Crippen molar-refractivity contribution in [3.63, 3.8) is 0 Å². The van der Waals surface area contributed by atoms with E-state index in [-0.39, 0.29) is 11.7 Å². The molecule has 2 heterocycles. The number of amides is 1. The highest BCUT2D eigenvalue weighted by molar-refractivity contribution is 5.95. The Hall–Kier alpha value is -1.75. The Kier molecular flexibility index (Phi) is 5.66. The Balaban J connectivity index is 1.84. The Labute approximate surface area is 131 Å². The molecule has 0 spiro atoms. The normalized spacial score (nSPS) is 18.8. The van der Waals surface area contributed by atoms with Crippen LogP contribution in [0.2, 0.25) is 0 Å². The maximum atomic E-state index is 12.2. The molecule has 0 radical (unpaired) electrons. The van der Waals surface area contributed by atoms with Crippen molar-refractivity contribution >= 4 is 11.7 Å². The second-order valence-corrected chi connectivity index (χ2v) is 6.30. The number of ketones is 1. The number of piperidine rings is 1.